The second kappa shape index (κ2) is 4.08. The highest BCUT2D eigenvalue weighted by Gasteiger charge is 2.03. The van der Waals surface area contributed by atoms with Crippen LogP contribution >= 0.6 is 0 Å². The summed E-state index contributed by atoms with van der Waals surface area (Å²) in [6, 6.07) is 6.02. The minimum absolute atomic E-state index is 0.682. The van der Waals surface area contributed by atoms with Crippen molar-refractivity contribution in [3.63, 3.8) is 0 Å². The number of methoxy groups -OCH3 is 1. The van der Waals surface area contributed by atoms with Gasteiger partial charge in [-0.25, -0.2) is 0 Å². The van der Waals surface area contributed by atoms with E-state index in [0.29, 0.717) is 12.2 Å². The predicted molar refractivity (Wildman–Crippen MR) is 54.7 cm³/mol. The summed E-state index contributed by atoms with van der Waals surface area (Å²) in [5.74, 6) is 1.59. The van der Waals surface area contributed by atoms with Gasteiger partial charge in [-0.05, 0) is 24.1 Å². The Bertz CT molecular complexity index is 439. The van der Waals surface area contributed by atoms with Gasteiger partial charge in [0.2, 0.25) is 0 Å². The van der Waals surface area contributed by atoms with Crippen LogP contribution in [0.4, 0.5) is 0 Å². The van der Waals surface area contributed by atoms with Gasteiger partial charge in [0.1, 0.15) is 5.75 Å². The summed E-state index contributed by atoms with van der Waals surface area (Å²) in [5.41, 5.74) is 2.26. The molecule has 5 nitrogen and oxygen atoms in total. The normalized spacial score (nSPS) is 10.3. The van der Waals surface area contributed by atoms with Crippen LogP contribution in [0.1, 0.15) is 17.0 Å². The average molecular weight is 204 g/mol. The Hall–Kier alpha value is -1.91. The molecule has 1 heterocycles. The van der Waals surface area contributed by atoms with Gasteiger partial charge in [-0.3, -0.25) is 0 Å². The Morgan fingerprint density at radius 2 is 2.27 bits per heavy atom. The lowest BCUT2D eigenvalue weighted by atomic mass is 10.1. The zero-order valence-corrected chi connectivity index (χ0v) is 8.69. The maximum atomic E-state index is 5.19. The van der Waals surface area contributed by atoms with Crippen LogP contribution in [0, 0.1) is 6.92 Å². The van der Waals surface area contributed by atoms with Crippen LogP contribution in [0.3, 0.4) is 0 Å². The lowest BCUT2D eigenvalue weighted by Gasteiger charge is -2.05. The molecule has 2 rings (SSSR count). The quantitative estimate of drug-likeness (QED) is 0.813. The van der Waals surface area contributed by atoms with E-state index < -0.39 is 0 Å². The minimum Gasteiger partial charge on any atom is -0.496 e. The van der Waals surface area contributed by atoms with Gasteiger partial charge in [-0.1, -0.05) is 17.3 Å². The molecule has 0 unspecified atom stereocenters. The molecule has 15 heavy (non-hydrogen) atoms. The molecule has 0 aliphatic carbocycles. The second-order valence-electron chi connectivity index (χ2n) is 3.31. The van der Waals surface area contributed by atoms with E-state index in [9.17, 15) is 0 Å². The fourth-order valence-electron chi connectivity index (χ4n) is 1.49. The molecule has 0 fully saturated rings. The van der Waals surface area contributed by atoms with E-state index in [4.69, 9.17) is 4.74 Å². The van der Waals surface area contributed by atoms with Crippen molar-refractivity contribution in [3.8, 4) is 5.75 Å². The summed E-state index contributed by atoms with van der Waals surface area (Å²) in [5, 5.41) is 13.8. The minimum atomic E-state index is 0.682. The Morgan fingerprint density at radius 3 is 2.87 bits per heavy atom. The Morgan fingerprint density at radius 1 is 1.40 bits per heavy atom. The molecule has 0 radical (unpaired) electrons. The molecule has 0 saturated carbocycles. The molecule has 0 amide bonds. The fraction of sp³-hybridized carbons (Fsp3) is 0.300. The Kier molecular flexibility index (Phi) is 2.62. The highest BCUT2D eigenvalue weighted by atomic mass is 16.5. The zero-order valence-electron chi connectivity index (χ0n) is 8.69. The first-order valence-corrected chi connectivity index (χ1v) is 4.65. The van der Waals surface area contributed by atoms with Crippen molar-refractivity contribution in [2.45, 2.75) is 13.3 Å². The summed E-state index contributed by atoms with van der Waals surface area (Å²) in [6.07, 6.45) is 0.682. The number of benzene rings is 1. The third-order valence-electron chi connectivity index (χ3n) is 2.21. The lowest BCUT2D eigenvalue weighted by molar-refractivity contribution is 0.411. The summed E-state index contributed by atoms with van der Waals surface area (Å²) in [7, 11) is 1.67. The molecule has 0 atom stereocenters. The van der Waals surface area contributed by atoms with Crippen LogP contribution in [-0.2, 0) is 6.42 Å². The first kappa shape index (κ1) is 9.64. The number of nitrogens with zero attached hydrogens (tertiary/aromatic N) is 3. The Labute approximate surface area is 87.5 Å². The topological polar surface area (TPSA) is 63.7 Å². The molecule has 0 spiro atoms. The van der Waals surface area contributed by atoms with Crippen LogP contribution in [0.2, 0.25) is 0 Å². The van der Waals surface area contributed by atoms with Crippen molar-refractivity contribution in [3.05, 3.63) is 35.2 Å². The molecule has 0 aliphatic rings. The third kappa shape index (κ3) is 2.12. The lowest BCUT2D eigenvalue weighted by Crippen LogP contribution is -1.93. The molecular formula is C10H12N4O. The fourth-order valence-corrected chi connectivity index (χ4v) is 1.49. The van der Waals surface area contributed by atoms with Crippen molar-refractivity contribution < 1.29 is 4.74 Å². The number of hydrogen-bond acceptors (Lipinski definition) is 4. The number of ether oxygens (including phenoxy) is 1. The summed E-state index contributed by atoms with van der Waals surface area (Å²) in [4.78, 5) is 0. The van der Waals surface area contributed by atoms with Crippen LogP contribution in [0.5, 0.6) is 5.75 Å². The number of aromatic nitrogens is 4. The molecule has 78 valence electrons. The van der Waals surface area contributed by atoms with Gasteiger partial charge in [0.25, 0.3) is 0 Å². The van der Waals surface area contributed by atoms with E-state index in [1.807, 2.05) is 19.1 Å². The maximum Gasteiger partial charge on any atom is 0.178 e. The van der Waals surface area contributed by atoms with Crippen molar-refractivity contribution >= 4 is 0 Å². The highest BCUT2D eigenvalue weighted by Crippen LogP contribution is 2.19. The molecular weight excluding hydrogens is 192 g/mol. The average Bonchev–Trinajstić information content (AvgIpc) is 2.71. The number of rotatable bonds is 3. The third-order valence-corrected chi connectivity index (χ3v) is 2.21. The van der Waals surface area contributed by atoms with E-state index in [0.717, 1.165) is 16.9 Å². The first-order chi connectivity index (χ1) is 7.29. The van der Waals surface area contributed by atoms with Crippen molar-refractivity contribution in [2.24, 2.45) is 0 Å². The first-order valence-electron chi connectivity index (χ1n) is 4.65. The molecule has 1 aromatic carbocycles. The molecule has 2 aromatic rings. The number of aromatic amines is 1. The zero-order chi connectivity index (χ0) is 10.7. The van der Waals surface area contributed by atoms with E-state index in [1.165, 1.54) is 0 Å². The van der Waals surface area contributed by atoms with E-state index in [1.54, 1.807) is 7.11 Å². The number of tetrazole rings is 1. The summed E-state index contributed by atoms with van der Waals surface area (Å²) in [6.45, 7) is 2.01. The van der Waals surface area contributed by atoms with Crippen molar-refractivity contribution in [1.82, 2.24) is 20.6 Å². The number of aryl methyl sites for hydroxylation is 1. The SMILES string of the molecule is COc1ccc(Cc2nn[nH]n2)cc1C. The van der Waals surface area contributed by atoms with Gasteiger partial charge >= 0.3 is 0 Å². The van der Waals surface area contributed by atoms with Crippen LogP contribution in [0.25, 0.3) is 0 Å². The summed E-state index contributed by atoms with van der Waals surface area (Å²) >= 11 is 0. The Balaban J connectivity index is 2.20. The van der Waals surface area contributed by atoms with E-state index >= 15 is 0 Å². The van der Waals surface area contributed by atoms with E-state index in [-0.39, 0.29) is 0 Å². The highest BCUT2D eigenvalue weighted by molar-refractivity contribution is 5.36. The summed E-state index contributed by atoms with van der Waals surface area (Å²) < 4.78 is 5.19. The van der Waals surface area contributed by atoms with Gasteiger partial charge in [-0.15, -0.1) is 10.2 Å². The molecule has 0 aliphatic heterocycles. The van der Waals surface area contributed by atoms with Gasteiger partial charge < -0.3 is 4.74 Å². The van der Waals surface area contributed by atoms with Crippen LogP contribution in [-0.4, -0.2) is 27.7 Å². The van der Waals surface area contributed by atoms with Crippen LogP contribution < -0.4 is 4.74 Å². The van der Waals surface area contributed by atoms with Crippen molar-refractivity contribution in [2.75, 3.05) is 7.11 Å². The van der Waals surface area contributed by atoms with Crippen LogP contribution in [0.15, 0.2) is 18.2 Å². The van der Waals surface area contributed by atoms with Gasteiger partial charge in [0.15, 0.2) is 5.82 Å². The smallest absolute Gasteiger partial charge is 0.178 e. The molecule has 0 saturated heterocycles. The molecule has 1 N–H and O–H groups in total. The second-order valence-corrected chi connectivity index (χ2v) is 3.31. The van der Waals surface area contributed by atoms with Crippen molar-refractivity contribution in [1.29, 1.82) is 0 Å². The largest absolute Gasteiger partial charge is 0.496 e. The van der Waals surface area contributed by atoms with Gasteiger partial charge in [0.05, 0.1) is 7.11 Å². The predicted octanol–water partition coefficient (Wildman–Crippen LogP) is 1.11. The number of hydrogen-bond donors (Lipinski definition) is 1. The van der Waals surface area contributed by atoms with Gasteiger partial charge in [-0.2, -0.15) is 5.21 Å². The van der Waals surface area contributed by atoms with E-state index in [2.05, 4.69) is 26.7 Å². The number of H-pyrrole nitrogens is 1. The maximum absolute atomic E-state index is 5.19. The molecule has 5 heteroatoms. The van der Waals surface area contributed by atoms with Gasteiger partial charge in [0, 0.05) is 6.42 Å². The molecule has 1 aromatic heterocycles. The monoisotopic (exact) mass is 204 g/mol. The molecule has 0 bridgehead atoms. The standard InChI is InChI=1S/C10H12N4O/c1-7-5-8(3-4-9(7)15-2)6-10-11-13-14-12-10/h3-5H,6H2,1-2H3,(H,11,12,13,14). The number of nitrogens with one attached hydrogen (secondary N) is 1.